The molecule has 0 radical (unpaired) electrons. The zero-order valence-electron chi connectivity index (χ0n) is 8.70. The van der Waals surface area contributed by atoms with E-state index < -0.39 is 0 Å². The minimum atomic E-state index is 1.03. The van der Waals surface area contributed by atoms with Gasteiger partial charge in [-0.05, 0) is 26.0 Å². The smallest absolute Gasteiger partial charge is 0.137 e. The van der Waals surface area contributed by atoms with Gasteiger partial charge in [0, 0.05) is 11.9 Å². The molecule has 0 aromatic carbocycles. The average molecular weight is 176 g/mol. The molecule has 2 heteroatoms. The first-order valence-electron chi connectivity index (χ1n) is 4.69. The van der Waals surface area contributed by atoms with E-state index in [-0.39, 0.29) is 0 Å². The maximum atomic E-state index is 4.38. The first kappa shape index (κ1) is 9.78. The Kier molecular flexibility index (Phi) is 3.07. The summed E-state index contributed by atoms with van der Waals surface area (Å²) in [5, 5.41) is 0. The van der Waals surface area contributed by atoms with Gasteiger partial charge in [0.2, 0.25) is 0 Å². The number of hydrogen-bond donors (Lipinski definition) is 0. The van der Waals surface area contributed by atoms with Crippen molar-refractivity contribution in [1.82, 2.24) is 9.38 Å². The van der Waals surface area contributed by atoms with E-state index in [2.05, 4.69) is 16.3 Å². The summed E-state index contributed by atoms with van der Waals surface area (Å²) in [6.45, 7) is 8.11. The van der Waals surface area contributed by atoms with E-state index in [0.717, 1.165) is 11.3 Å². The molecule has 0 N–H and O–H groups in total. The van der Waals surface area contributed by atoms with Crippen LogP contribution in [0, 0.1) is 13.8 Å². The number of rotatable bonds is 0. The third-order valence-electron chi connectivity index (χ3n) is 2.01. The number of pyridine rings is 1. The standard InChI is InChI=1S/C9H10N2.C2H6/c1-7-8(2)11-6-4-3-5-9(11)10-7;1-2/h3-6H,1-2H3;1-2H3. The Morgan fingerprint density at radius 3 is 2.46 bits per heavy atom. The quantitative estimate of drug-likeness (QED) is 0.603. The molecule has 0 aliphatic carbocycles. The highest BCUT2D eigenvalue weighted by Crippen LogP contribution is 2.08. The lowest BCUT2D eigenvalue weighted by Crippen LogP contribution is -1.84. The molecule has 0 aliphatic heterocycles. The van der Waals surface area contributed by atoms with Crippen molar-refractivity contribution in [2.24, 2.45) is 0 Å². The minimum Gasteiger partial charge on any atom is -0.304 e. The Labute approximate surface area is 79.2 Å². The Balaban J connectivity index is 0.000000396. The van der Waals surface area contributed by atoms with Crippen LogP contribution in [0.3, 0.4) is 0 Å². The van der Waals surface area contributed by atoms with Crippen molar-refractivity contribution in [3.05, 3.63) is 35.8 Å². The van der Waals surface area contributed by atoms with E-state index in [9.17, 15) is 0 Å². The Hall–Kier alpha value is -1.31. The van der Waals surface area contributed by atoms with Gasteiger partial charge in [-0.2, -0.15) is 0 Å². The van der Waals surface area contributed by atoms with Crippen LogP contribution in [0.25, 0.3) is 5.65 Å². The second kappa shape index (κ2) is 4.08. The number of imidazole rings is 1. The van der Waals surface area contributed by atoms with E-state index in [1.54, 1.807) is 0 Å². The van der Waals surface area contributed by atoms with Gasteiger partial charge in [0.15, 0.2) is 0 Å². The first-order chi connectivity index (χ1) is 6.29. The zero-order valence-corrected chi connectivity index (χ0v) is 8.70. The van der Waals surface area contributed by atoms with Gasteiger partial charge in [0.05, 0.1) is 5.69 Å². The van der Waals surface area contributed by atoms with Crippen molar-refractivity contribution in [1.29, 1.82) is 0 Å². The molecular weight excluding hydrogens is 160 g/mol. The molecule has 0 fully saturated rings. The highest BCUT2D eigenvalue weighted by atomic mass is 15.0. The molecule has 0 bridgehead atoms. The Morgan fingerprint density at radius 2 is 1.85 bits per heavy atom. The van der Waals surface area contributed by atoms with Gasteiger partial charge in [-0.3, -0.25) is 0 Å². The lowest BCUT2D eigenvalue weighted by atomic mass is 10.4. The molecule has 0 spiro atoms. The summed E-state index contributed by atoms with van der Waals surface area (Å²) in [5.41, 5.74) is 3.36. The molecule has 0 aliphatic rings. The molecule has 2 heterocycles. The van der Waals surface area contributed by atoms with Crippen LogP contribution in [0.15, 0.2) is 24.4 Å². The highest BCUT2D eigenvalue weighted by molar-refractivity contribution is 5.42. The maximum absolute atomic E-state index is 4.38. The second-order valence-corrected chi connectivity index (χ2v) is 2.71. The highest BCUT2D eigenvalue weighted by Gasteiger charge is 2.00. The summed E-state index contributed by atoms with van der Waals surface area (Å²) < 4.78 is 2.09. The predicted octanol–water partition coefficient (Wildman–Crippen LogP) is 2.98. The largest absolute Gasteiger partial charge is 0.304 e. The lowest BCUT2D eigenvalue weighted by Gasteiger charge is -1.92. The number of hydrogen-bond acceptors (Lipinski definition) is 1. The molecule has 2 nitrogen and oxygen atoms in total. The van der Waals surface area contributed by atoms with Gasteiger partial charge in [-0.25, -0.2) is 4.98 Å². The van der Waals surface area contributed by atoms with Crippen molar-refractivity contribution in [2.45, 2.75) is 27.7 Å². The van der Waals surface area contributed by atoms with Crippen molar-refractivity contribution in [3.63, 3.8) is 0 Å². The fraction of sp³-hybridized carbons (Fsp3) is 0.364. The SMILES string of the molecule is CC.Cc1nc2ccccn2c1C. The third kappa shape index (κ3) is 1.72. The van der Waals surface area contributed by atoms with Crippen LogP contribution in [0.1, 0.15) is 25.2 Å². The first-order valence-corrected chi connectivity index (χ1v) is 4.69. The maximum Gasteiger partial charge on any atom is 0.137 e. The fourth-order valence-electron chi connectivity index (χ4n) is 1.24. The molecule has 13 heavy (non-hydrogen) atoms. The van der Waals surface area contributed by atoms with Crippen LogP contribution >= 0.6 is 0 Å². The van der Waals surface area contributed by atoms with Gasteiger partial charge < -0.3 is 4.40 Å². The van der Waals surface area contributed by atoms with Gasteiger partial charge in [-0.15, -0.1) is 0 Å². The molecule has 2 aromatic heterocycles. The number of aromatic nitrogens is 2. The molecule has 0 unspecified atom stereocenters. The Bertz CT molecular complexity index is 388. The van der Waals surface area contributed by atoms with Crippen LogP contribution in [0.2, 0.25) is 0 Å². The predicted molar refractivity (Wildman–Crippen MR) is 56.0 cm³/mol. The monoisotopic (exact) mass is 176 g/mol. The summed E-state index contributed by atoms with van der Waals surface area (Å²) in [6.07, 6.45) is 2.03. The summed E-state index contributed by atoms with van der Waals surface area (Å²) in [6, 6.07) is 6.03. The van der Waals surface area contributed by atoms with E-state index in [4.69, 9.17) is 0 Å². The lowest BCUT2D eigenvalue weighted by molar-refractivity contribution is 1.09. The normalized spacial score (nSPS) is 9.54. The van der Waals surface area contributed by atoms with Crippen molar-refractivity contribution >= 4 is 5.65 Å². The number of aryl methyl sites for hydroxylation is 2. The average Bonchev–Trinajstić information content (AvgIpc) is 2.47. The fourth-order valence-corrected chi connectivity index (χ4v) is 1.24. The van der Waals surface area contributed by atoms with E-state index in [1.807, 2.05) is 45.2 Å². The molecular formula is C11H16N2. The number of fused-ring (bicyclic) bond motifs is 1. The van der Waals surface area contributed by atoms with Crippen LogP contribution in [-0.2, 0) is 0 Å². The molecule has 0 saturated heterocycles. The van der Waals surface area contributed by atoms with E-state index in [0.29, 0.717) is 0 Å². The van der Waals surface area contributed by atoms with Gasteiger partial charge >= 0.3 is 0 Å². The molecule has 2 aromatic rings. The van der Waals surface area contributed by atoms with Gasteiger partial charge in [-0.1, -0.05) is 19.9 Å². The minimum absolute atomic E-state index is 1.03. The number of nitrogens with zero attached hydrogens (tertiary/aromatic N) is 2. The molecule has 0 amide bonds. The van der Waals surface area contributed by atoms with Crippen molar-refractivity contribution in [2.75, 3.05) is 0 Å². The van der Waals surface area contributed by atoms with E-state index >= 15 is 0 Å². The molecule has 70 valence electrons. The van der Waals surface area contributed by atoms with Crippen LogP contribution < -0.4 is 0 Å². The summed E-state index contributed by atoms with van der Waals surface area (Å²) in [5.74, 6) is 0. The van der Waals surface area contributed by atoms with Gasteiger partial charge in [0.1, 0.15) is 5.65 Å². The second-order valence-electron chi connectivity index (χ2n) is 2.71. The summed E-state index contributed by atoms with van der Waals surface area (Å²) >= 11 is 0. The van der Waals surface area contributed by atoms with Crippen molar-refractivity contribution in [3.8, 4) is 0 Å². The molecule has 0 atom stereocenters. The van der Waals surface area contributed by atoms with Gasteiger partial charge in [0.25, 0.3) is 0 Å². The van der Waals surface area contributed by atoms with E-state index in [1.165, 1.54) is 5.69 Å². The van der Waals surface area contributed by atoms with Crippen LogP contribution in [0.5, 0.6) is 0 Å². The summed E-state index contributed by atoms with van der Waals surface area (Å²) in [7, 11) is 0. The Morgan fingerprint density at radius 1 is 1.15 bits per heavy atom. The molecule has 2 rings (SSSR count). The van der Waals surface area contributed by atoms with Crippen LogP contribution in [-0.4, -0.2) is 9.38 Å². The van der Waals surface area contributed by atoms with Crippen molar-refractivity contribution < 1.29 is 0 Å². The van der Waals surface area contributed by atoms with Crippen LogP contribution in [0.4, 0.5) is 0 Å². The third-order valence-corrected chi connectivity index (χ3v) is 2.01. The zero-order chi connectivity index (χ0) is 9.84. The topological polar surface area (TPSA) is 17.3 Å². The summed E-state index contributed by atoms with van der Waals surface area (Å²) in [4.78, 5) is 4.38. The molecule has 0 saturated carbocycles.